The molecule has 2 rings (SSSR count). The maximum Gasteiger partial charge on any atom is 0.320 e. The molecule has 2 heterocycles. The van der Waals surface area contributed by atoms with Gasteiger partial charge in [-0.3, -0.25) is 0 Å². The van der Waals surface area contributed by atoms with Gasteiger partial charge >= 0.3 is 6.03 Å². The molecule has 4 heteroatoms. The lowest BCUT2D eigenvalue weighted by molar-refractivity contribution is 0.135. The van der Waals surface area contributed by atoms with Gasteiger partial charge in [-0.15, -0.1) is 0 Å². The second-order valence-electron chi connectivity index (χ2n) is 5.92. The fourth-order valence-corrected chi connectivity index (χ4v) is 3.13. The number of carbonyl (C=O) groups excluding carboxylic acids is 1. The van der Waals surface area contributed by atoms with Crippen molar-refractivity contribution in [3.05, 3.63) is 0 Å². The second-order valence-corrected chi connectivity index (χ2v) is 5.92. The Morgan fingerprint density at radius 3 is 2.42 bits per heavy atom. The number of piperidine rings is 1. The lowest BCUT2D eigenvalue weighted by Crippen LogP contribution is -2.52. The van der Waals surface area contributed by atoms with Crippen LogP contribution in [-0.2, 0) is 0 Å². The fourth-order valence-electron chi connectivity index (χ4n) is 3.13. The summed E-state index contributed by atoms with van der Waals surface area (Å²) < 4.78 is 0. The molecule has 0 bridgehead atoms. The summed E-state index contributed by atoms with van der Waals surface area (Å²) in [5.74, 6) is 0. The molecule has 2 aliphatic heterocycles. The SMILES string of the molecule is CCCNC1CCCN(C(=O)N2CCCCCC2)C1. The highest BCUT2D eigenvalue weighted by atomic mass is 16.2. The highest BCUT2D eigenvalue weighted by molar-refractivity contribution is 5.74. The Balaban J connectivity index is 1.83. The maximum atomic E-state index is 12.5. The van der Waals surface area contributed by atoms with Crippen LogP contribution in [0.25, 0.3) is 0 Å². The highest BCUT2D eigenvalue weighted by Gasteiger charge is 2.26. The van der Waals surface area contributed by atoms with E-state index in [1.807, 2.05) is 0 Å². The minimum Gasteiger partial charge on any atom is -0.325 e. The molecule has 1 unspecified atom stereocenters. The van der Waals surface area contributed by atoms with Gasteiger partial charge in [0.05, 0.1) is 0 Å². The van der Waals surface area contributed by atoms with Crippen molar-refractivity contribution in [1.29, 1.82) is 0 Å². The summed E-state index contributed by atoms with van der Waals surface area (Å²) in [6.07, 6.45) is 8.43. The number of likely N-dealkylation sites (tertiary alicyclic amines) is 2. The molecule has 1 N–H and O–H groups in total. The number of hydrogen-bond donors (Lipinski definition) is 1. The van der Waals surface area contributed by atoms with E-state index in [0.717, 1.165) is 45.6 Å². The lowest BCUT2D eigenvalue weighted by Gasteiger charge is -2.36. The molecule has 4 nitrogen and oxygen atoms in total. The van der Waals surface area contributed by atoms with Gasteiger partial charge in [-0.2, -0.15) is 0 Å². The van der Waals surface area contributed by atoms with E-state index >= 15 is 0 Å². The van der Waals surface area contributed by atoms with Crippen molar-refractivity contribution in [3.8, 4) is 0 Å². The maximum absolute atomic E-state index is 12.5. The first-order valence-electron chi connectivity index (χ1n) is 8.08. The van der Waals surface area contributed by atoms with Crippen LogP contribution in [0.4, 0.5) is 4.79 Å². The summed E-state index contributed by atoms with van der Waals surface area (Å²) in [5, 5.41) is 3.56. The van der Waals surface area contributed by atoms with Crippen molar-refractivity contribution >= 4 is 6.03 Å². The minimum absolute atomic E-state index is 0.282. The van der Waals surface area contributed by atoms with E-state index in [1.54, 1.807) is 0 Å². The summed E-state index contributed by atoms with van der Waals surface area (Å²) in [4.78, 5) is 16.7. The lowest BCUT2D eigenvalue weighted by atomic mass is 10.1. The monoisotopic (exact) mass is 267 g/mol. The van der Waals surface area contributed by atoms with Crippen LogP contribution in [0.2, 0.25) is 0 Å². The summed E-state index contributed by atoms with van der Waals surface area (Å²) in [7, 11) is 0. The average molecular weight is 267 g/mol. The van der Waals surface area contributed by atoms with Gasteiger partial charge < -0.3 is 15.1 Å². The number of urea groups is 1. The molecule has 2 aliphatic rings. The van der Waals surface area contributed by atoms with Gasteiger partial charge in [-0.1, -0.05) is 19.8 Å². The predicted molar refractivity (Wildman–Crippen MR) is 78.3 cm³/mol. The zero-order valence-corrected chi connectivity index (χ0v) is 12.4. The van der Waals surface area contributed by atoms with Crippen LogP contribution < -0.4 is 5.32 Å². The number of hydrogen-bond acceptors (Lipinski definition) is 2. The quantitative estimate of drug-likeness (QED) is 0.852. The van der Waals surface area contributed by atoms with E-state index in [1.165, 1.54) is 32.1 Å². The molecule has 0 aromatic carbocycles. The Labute approximate surface area is 117 Å². The first kappa shape index (κ1) is 14.6. The molecule has 0 aliphatic carbocycles. The molecular weight excluding hydrogens is 238 g/mol. The molecule has 0 spiro atoms. The van der Waals surface area contributed by atoms with Crippen LogP contribution >= 0.6 is 0 Å². The minimum atomic E-state index is 0.282. The zero-order valence-electron chi connectivity index (χ0n) is 12.4. The van der Waals surface area contributed by atoms with Crippen molar-refractivity contribution in [2.24, 2.45) is 0 Å². The van der Waals surface area contributed by atoms with Crippen molar-refractivity contribution in [2.75, 3.05) is 32.7 Å². The number of carbonyl (C=O) groups is 1. The van der Waals surface area contributed by atoms with Crippen LogP contribution in [0.15, 0.2) is 0 Å². The predicted octanol–water partition coefficient (Wildman–Crippen LogP) is 2.45. The third-order valence-electron chi connectivity index (χ3n) is 4.25. The third-order valence-corrected chi connectivity index (χ3v) is 4.25. The van der Waals surface area contributed by atoms with Crippen LogP contribution in [0, 0.1) is 0 Å². The average Bonchev–Trinajstić information content (AvgIpc) is 2.73. The van der Waals surface area contributed by atoms with Crippen LogP contribution in [0.5, 0.6) is 0 Å². The van der Waals surface area contributed by atoms with E-state index in [9.17, 15) is 4.79 Å². The van der Waals surface area contributed by atoms with Crippen LogP contribution in [0.3, 0.4) is 0 Å². The Hall–Kier alpha value is -0.770. The van der Waals surface area contributed by atoms with Gasteiger partial charge in [0.15, 0.2) is 0 Å². The van der Waals surface area contributed by atoms with Gasteiger partial charge in [0.25, 0.3) is 0 Å². The van der Waals surface area contributed by atoms with Crippen molar-refractivity contribution in [3.63, 3.8) is 0 Å². The van der Waals surface area contributed by atoms with Crippen molar-refractivity contribution in [2.45, 2.75) is 57.9 Å². The Bertz CT molecular complexity index is 275. The Morgan fingerprint density at radius 1 is 1.05 bits per heavy atom. The number of amides is 2. The smallest absolute Gasteiger partial charge is 0.320 e. The van der Waals surface area contributed by atoms with Crippen molar-refractivity contribution in [1.82, 2.24) is 15.1 Å². The van der Waals surface area contributed by atoms with Gasteiger partial charge in [0.2, 0.25) is 0 Å². The largest absolute Gasteiger partial charge is 0.325 e. The van der Waals surface area contributed by atoms with Crippen LogP contribution in [0.1, 0.15) is 51.9 Å². The molecule has 110 valence electrons. The summed E-state index contributed by atoms with van der Waals surface area (Å²) >= 11 is 0. The standard InChI is InChI=1S/C15H29N3O/c1-2-9-16-14-8-7-12-18(13-14)15(19)17-10-5-3-4-6-11-17/h14,16H,2-13H2,1H3. The molecule has 0 aromatic rings. The van der Waals surface area contributed by atoms with E-state index in [2.05, 4.69) is 22.0 Å². The van der Waals surface area contributed by atoms with E-state index < -0.39 is 0 Å². The second kappa shape index (κ2) is 7.73. The van der Waals surface area contributed by atoms with E-state index in [-0.39, 0.29) is 6.03 Å². The molecular formula is C15H29N3O. The molecule has 19 heavy (non-hydrogen) atoms. The summed E-state index contributed by atoms with van der Waals surface area (Å²) in [6.45, 7) is 7.02. The van der Waals surface area contributed by atoms with Gasteiger partial charge in [-0.25, -0.2) is 4.79 Å². The normalized spacial score (nSPS) is 25.2. The fraction of sp³-hybridized carbons (Fsp3) is 0.933. The van der Waals surface area contributed by atoms with Gasteiger partial charge in [0.1, 0.15) is 0 Å². The van der Waals surface area contributed by atoms with Gasteiger partial charge in [0, 0.05) is 32.2 Å². The summed E-state index contributed by atoms with van der Waals surface area (Å²) in [5.41, 5.74) is 0. The highest BCUT2D eigenvalue weighted by Crippen LogP contribution is 2.16. The molecule has 2 fully saturated rings. The Kier molecular flexibility index (Phi) is 5.95. The van der Waals surface area contributed by atoms with Crippen LogP contribution in [-0.4, -0.2) is 54.6 Å². The molecule has 2 saturated heterocycles. The summed E-state index contributed by atoms with van der Waals surface area (Å²) in [6, 6.07) is 0.787. The molecule has 2 amide bonds. The Morgan fingerprint density at radius 2 is 1.74 bits per heavy atom. The topological polar surface area (TPSA) is 35.6 Å². The van der Waals surface area contributed by atoms with Crippen molar-refractivity contribution < 1.29 is 4.79 Å². The molecule has 0 saturated carbocycles. The third kappa shape index (κ3) is 4.37. The first-order valence-corrected chi connectivity index (χ1v) is 8.08. The number of nitrogens with one attached hydrogen (secondary N) is 1. The van der Waals surface area contributed by atoms with E-state index in [4.69, 9.17) is 0 Å². The molecule has 0 radical (unpaired) electrons. The van der Waals surface area contributed by atoms with Gasteiger partial charge in [-0.05, 0) is 38.6 Å². The van der Waals surface area contributed by atoms with E-state index in [0.29, 0.717) is 6.04 Å². The zero-order chi connectivity index (χ0) is 13.5. The number of nitrogens with zero attached hydrogens (tertiary/aromatic N) is 2. The number of rotatable bonds is 3. The molecule has 1 atom stereocenters. The first-order chi connectivity index (χ1) is 9.31. The molecule has 0 aromatic heterocycles.